The summed E-state index contributed by atoms with van der Waals surface area (Å²) in [5.74, 6) is 0.524. The Hall–Kier alpha value is -1.54. The predicted octanol–water partition coefficient (Wildman–Crippen LogP) is 1.94. The second-order valence-electron chi connectivity index (χ2n) is 5.60. The van der Waals surface area contributed by atoms with Crippen molar-refractivity contribution < 1.29 is 8.42 Å². The number of hydrogen-bond acceptors (Lipinski definition) is 5. The maximum absolute atomic E-state index is 12.7. The van der Waals surface area contributed by atoms with E-state index >= 15 is 0 Å². The zero-order valence-electron chi connectivity index (χ0n) is 13.4. The summed E-state index contributed by atoms with van der Waals surface area (Å²) in [6.07, 6.45) is 4.64. The smallest absolute Gasteiger partial charge is 0.246 e. The summed E-state index contributed by atoms with van der Waals surface area (Å²) >= 11 is 0. The fourth-order valence-corrected chi connectivity index (χ4v) is 4.15. The monoisotopic (exact) mass is 368 g/mol. The molecule has 0 spiro atoms. The van der Waals surface area contributed by atoms with Crippen LogP contribution >= 0.6 is 12.4 Å². The van der Waals surface area contributed by atoms with E-state index in [2.05, 4.69) is 15.3 Å². The Labute approximate surface area is 148 Å². The Balaban J connectivity index is 0.00000208. The molecule has 0 aliphatic carbocycles. The van der Waals surface area contributed by atoms with Crippen LogP contribution in [0.1, 0.15) is 12.8 Å². The second kappa shape index (κ2) is 8.02. The molecule has 3 rings (SSSR count). The molecule has 1 saturated heterocycles. The molecule has 24 heavy (non-hydrogen) atoms. The summed E-state index contributed by atoms with van der Waals surface area (Å²) in [5.41, 5.74) is 0.865. The van der Waals surface area contributed by atoms with Gasteiger partial charge in [-0.05, 0) is 19.9 Å². The van der Waals surface area contributed by atoms with Crippen LogP contribution in [0.4, 0.5) is 0 Å². The molecule has 1 unspecified atom stereocenters. The molecule has 1 N–H and O–H groups in total. The van der Waals surface area contributed by atoms with Gasteiger partial charge in [-0.15, -0.1) is 12.4 Å². The molecule has 1 atom stereocenters. The third kappa shape index (κ3) is 3.92. The molecule has 1 aliphatic heterocycles. The van der Waals surface area contributed by atoms with Crippen LogP contribution in [0.5, 0.6) is 0 Å². The van der Waals surface area contributed by atoms with Crippen LogP contribution in [-0.4, -0.2) is 48.9 Å². The van der Waals surface area contributed by atoms with Gasteiger partial charge in [-0.2, -0.15) is 4.31 Å². The van der Waals surface area contributed by atoms with Crippen LogP contribution in [0.3, 0.4) is 0 Å². The molecule has 1 aromatic heterocycles. The summed E-state index contributed by atoms with van der Waals surface area (Å²) in [6, 6.07) is 9.70. The summed E-state index contributed by atoms with van der Waals surface area (Å²) in [6.45, 7) is 1.03. The number of aromatic nitrogens is 2. The normalized spacial score (nSPS) is 18.8. The van der Waals surface area contributed by atoms with E-state index in [4.69, 9.17) is 0 Å². The van der Waals surface area contributed by atoms with E-state index in [1.54, 1.807) is 0 Å². The van der Waals surface area contributed by atoms with E-state index in [1.807, 2.05) is 37.4 Å². The van der Waals surface area contributed by atoms with Crippen molar-refractivity contribution in [1.29, 1.82) is 0 Å². The molecule has 0 saturated carbocycles. The molecule has 0 radical (unpaired) electrons. The molecule has 1 fully saturated rings. The van der Waals surface area contributed by atoms with Crippen LogP contribution in [-0.2, 0) is 10.0 Å². The van der Waals surface area contributed by atoms with Crippen LogP contribution < -0.4 is 5.32 Å². The molecule has 1 aliphatic rings. The molecule has 130 valence electrons. The first-order chi connectivity index (χ1) is 11.1. The van der Waals surface area contributed by atoms with Crippen molar-refractivity contribution in [2.75, 3.05) is 20.1 Å². The van der Waals surface area contributed by atoms with Crippen LogP contribution in [0.25, 0.3) is 11.4 Å². The lowest BCUT2D eigenvalue weighted by atomic mass is 10.1. The fourth-order valence-electron chi connectivity index (χ4n) is 2.73. The molecule has 2 aromatic rings. The summed E-state index contributed by atoms with van der Waals surface area (Å²) < 4.78 is 26.9. The summed E-state index contributed by atoms with van der Waals surface area (Å²) in [5, 5.41) is 3.15. The standard InChI is InChI=1S/C16H20N4O2S.ClH/c1-17-14-8-5-9-20(12-14)23(21,22)15-10-18-16(19-11-15)13-6-3-2-4-7-13;/h2-4,6-7,10-11,14,17H,5,8-9,12H2,1H3;1H. The average Bonchev–Trinajstić information content (AvgIpc) is 2.62. The third-order valence-electron chi connectivity index (χ3n) is 4.09. The lowest BCUT2D eigenvalue weighted by Gasteiger charge is -2.31. The van der Waals surface area contributed by atoms with E-state index in [9.17, 15) is 8.42 Å². The van der Waals surface area contributed by atoms with Gasteiger partial charge in [0, 0.05) is 24.7 Å². The summed E-state index contributed by atoms with van der Waals surface area (Å²) in [4.78, 5) is 8.58. The Morgan fingerprint density at radius 3 is 2.46 bits per heavy atom. The van der Waals surface area contributed by atoms with E-state index in [0.717, 1.165) is 18.4 Å². The molecule has 6 nitrogen and oxygen atoms in total. The van der Waals surface area contributed by atoms with Crippen molar-refractivity contribution in [1.82, 2.24) is 19.6 Å². The number of rotatable bonds is 4. The Morgan fingerprint density at radius 2 is 1.83 bits per heavy atom. The van der Waals surface area contributed by atoms with Crippen LogP contribution in [0.15, 0.2) is 47.6 Å². The van der Waals surface area contributed by atoms with Gasteiger partial charge in [0.05, 0.1) is 12.4 Å². The number of piperidine rings is 1. The first-order valence-corrected chi connectivity index (χ1v) is 9.10. The largest absolute Gasteiger partial charge is 0.316 e. The lowest BCUT2D eigenvalue weighted by Crippen LogP contribution is -2.46. The first kappa shape index (κ1) is 18.8. The van der Waals surface area contributed by atoms with Gasteiger partial charge in [0.2, 0.25) is 10.0 Å². The number of sulfonamides is 1. The molecular weight excluding hydrogens is 348 g/mol. The quantitative estimate of drug-likeness (QED) is 0.892. The van der Waals surface area contributed by atoms with Gasteiger partial charge in [0.15, 0.2) is 5.82 Å². The lowest BCUT2D eigenvalue weighted by molar-refractivity contribution is 0.292. The Morgan fingerprint density at radius 1 is 1.17 bits per heavy atom. The fraction of sp³-hybridized carbons (Fsp3) is 0.375. The van der Waals surface area contributed by atoms with Crippen molar-refractivity contribution in [3.8, 4) is 11.4 Å². The minimum atomic E-state index is -3.54. The molecule has 1 aromatic carbocycles. The zero-order chi connectivity index (χ0) is 16.3. The molecule has 0 bridgehead atoms. The van der Waals surface area contributed by atoms with Crippen LogP contribution in [0, 0.1) is 0 Å². The highest BCUT2D eigenvalue weighted by Crippen LogP contribution is 2.21. The van der Waals surface area contributed by atoms with Gasteiger partial charge < -0.3 is 5.32 Å². The number of halogens is 1. The molecule has 8 heteroatoms. The molecule has 2 heterocycles. The van der Waals surface area contributed by atoms with E-state index in [0.29, 0.717) is 18.9 Å². The van der Waals surface area contributed by atoms with Crippen molar-refractivity contribution in [2.45, 2.75) is 23.8 Å². The Kier molecular flexibility index (Phi) is 6.28. The van der Waals surface area contributed by atoms with Gasteiger partial charge in [-0.1, -0.05) is 30.3 Å². The summed E-state index contributed by atoms with van der Waals surface area (Å²) in [7, 11) is -1.68. The van der Waals surface area contributed by atoms with E-state index in [1.165, 1.54) is 16.7 Å². The minimum Gasteiger partial charge on any atom is -0.316 e. The van der Waals surface area contributed by atoms with Gasteiger partial charge in [0.25, 0.3) is 0 Å². The number of benzene rings is 1. The van der Waals surface area contributed by atoms with E-state index in [-0.39, 0.29) is 23.3 Å². The maximum Gasteiger partial charge on any atom is 0.246 e. The number of likely N-dealkylation sites (N-methyl/N-ethyl adjacent to an activating group) is 1. The van der Waals surface area contributed by atoms with Crippen LogP contribution in [0.2, 0.25) is 0 Å². The highest BCUT2D eigenvalue weighted by atomic mass is 35.5. The van der Waals surface area contributed by atoms with E-state index < -0.39 is 10.0 Å². The Bertz CT molecular complexity index is 753. The molecule has 0 amide bonds. The maximum atomic E-state index is 12.7. The van der Waals surface area contributed by atoms with Crippen molar-refractivity contribution in [3.63, 3.8) is 0 Å². The van der Waals surface area contributed by atoms with Gasteiger partial charge in [0.1, 0.15) is 4.90 Å². The van der Waals surface area contributed by atoms with Crippen molar-refractivity contribution in [2.24, 2.45) is 0 Å². The second-order valence-corrected chi connectivity index (χ2v) is 7.54. The minimum absolute atomic E-state index is 0. The highest BCUT2D eigenvalue weighted by Gasteiger charge is 2.30. The number of hydrogen-bond donors (Lipinski definition) is 1. The highest BCUT2D eigenvalue weighted by molar-refractivity contribution is 7.89. The van der Waals surface area contributed by atoms with Gasteiger partial charge in [-0.3, -0.25) is 0 Å². The van der Waals surface area contributed by atoms with Gasteiger partial charge >= 0.3 is 0 Å². The van der Waals surface area contributed by atoms with Gasteiger partial charge in [-0.25, -0.2) is 18.4 Å². The predicted molar refractivity (Wildman–Crippen MR) is 95.6 cm³/mol. The zero-order valence-corrected chi connectivity index (χ0v) is 15.1. The third-order valence-corrected chi connectivity index (χ3v) is 5.91. The SMILES string of the molecule is CNC1CCCN(S(=O)(=O)c2cnc(-c3ccccc3)nc2)C1.Cl. The number of nitrogens with zero attached hydrogens (tertiary/aromatic N) is 3. The molecular formula is C16H21ClN4O2S. The van der Waals surface area contributed by atoms with Crippen molar-refractivity contribution >= 4 is 22.4 Å². The topological polar surface area (TPSA) is 75.2 Å². The first-order valence-electron chi connectivity index (χ1n) is 7.66. The average molecular weight is 369 g/mol. The van der Waals surface area contributed by atoms with Crippen molar-refractivity contribution in [3.05, 3.63) is 42.7 Å². The number of nitrogens with one attached hydrogen (secondary N) is 1.